The van der Waals surface area contributed by atoms with Crippen molar-refractivity contribution in [2.45, 2.75) is 38.5 Å². The SMILES string of the molecule is O=C1C=C(CCC2CCCC2)C(=O)c2ccccc21. The van der Waals surface area contributed by atoms with Crippen molar-refractivity contribution in [1.82, 2.24) is 0 Å². The molecule has 0 N–H and O–H groups in total. The molecule has 19 heavy (non-hydrogen) atoms. The average molecular weight is 254 g/mol. The number of rotatable bonds is 3. The van der Waals surface area contributed by atoms with Crippen LogP contribution in [0.2, 0.25) is 0 Å². The molecule has 0 saturated heterocycles. The summed E-state index contributed by atoms with van der Waals surface area (Å²) < 4.78 is 0. The smallest absolute Gasteiger partial charge is 0.189 e. The average Bonchev–Trinajstić information content (AvgIpc) is 2.95. The molecule has 0 spiro atoms. The molecule has 98 valence electrons. The van der Waals surface area contributed by atoms with Crippen LogP contribution in [0.5, 0.6) is 0 Å². The van der Waals surface area contributed by atoms with Gasteiger partial charge >= 0.3 is 0 Å². The van der Waals surface area contributed by atoms with Gasteiger partial charge in [-0.2, -0.15) is 0 Å². The monoisotopic (exact) mass is 254 g/mol. The number of allylic oxidation sites excluding steroid dienone is 2. The van der Waals surface area contributed by atoms with Crippen LogP contribution in [0.25, 0.3) is 0 Å². The van der Waals surface area contributed by atoms with Gasteiger partial charge in [0.15, 0.2) is 11.6 Å². The van der Waals surface area contributed by atoms with Gasteiger partial charge in [0, 0.05) is 16.7 Å². The van der Waals surface area contributed by atoms with E-state index in [1.165, 1.54) is 25.7 Å². The number of benzene rings is 1. The molecule has 0 heterocycles. The maximum Gasteiger partial charge on any atom is 0.189 e. The third-order valence-electron chi connectivity index (χ3n) is 4.33. The van der Waals surface area contributed by atoms with Crippen molar-refractivity contribution in [3.05, 3.63) is 47.0 Å². The number of Topliss-reactive ketones (excluding diaryl/α,β-unsaturated/α-hetero) is 1. The van der Waals surface area contributed by atoms with Crippen LogP contribution in [0.4, 0.5) is 0 Å². The molecule has 2 heteroatoms. The van der Waals surface area contributed by atoms with Crippen molar-refractivity contribution in [3.8, 4) is 0 Å². The number of fused-ring (bicyclic) bond motifs is 1. The molecule has 0 bridgehead atoms. The van der Waals surface area contributed by atoms with E-state index in [4.69, 9.17) is 0 Å². The molecule has 2 aliphatic carbocycles. The summed E-state index contributed by atoms with van der Waals surface area (Å²) in [7, 11) is 0. The van der Waals surface area contributed by atoms with Crippen LogP contribution >= 0.6 is 0 Å². The second kappa shape index (κ2) is 5.12. The van der Waals surface area contributed by atoms with E-state index in [1.54, 1.807) is 24.3 Å². The standard InChI is InChI=1S/C17H18O2/c18-16-11-13(10-9-12-5-1-2-6-12)17(19)15-8-4-3-7-14(15)16/h3-4,7-8,11-12H,1-2,5-6,9-10H2. The highest BCUT2D eigenvalue weighted by Gasteiger charge is 2.25. The number of hydrogen-bond donors (Lipinski definition) is 0. The Balaban J connectivity index is 1.76. The normalized spacial score (nSPS) is 19.5. The molecule has 0 aromatic heterocycles. The van der Waals surface area contributed by atoms with Gasteiger partial charge in [0.1, 0.15) is 0 Å². The lowest BCUT2D eigenvalue weighted by Crippen LogP contribution is -2.17. The first-order valence-electron chi connectivity index (χ1n) is 7.14. The van der Waals surface area contributed by atoms with Crippen molar-refractivity contribution >= 4 is 11.6 Å². The van der Waals surface area contributed by atoms with Crippen molar-refractivity contribution < 1.29 is 9.59 Å². The van der Waals surface area contributed by atoms with Crippen LogP contribution in [0.15, 0.2) is 35.9 Å². The van der Waals surface area contributed by atoms with Gasteiger partial charge in [0.05, 0.1) is 0 Å². The van der Waals surface area contributed by atoms with Crippen LogP contribution in [-0.2, 0) is 0 Å². The van der Waals surface area contributed by atoms with E-state index in [2.05, 4.69) is 0 Å². The highest BCUT2D eigenvalue weighted by atomic mass is 16.1. The van der Waals surface area contributed by atoms with Crippen molar-refractivity contribution in [2.24, 2.45) is 5.92 Å². The predicted molar refractivity (Wildman–Crippen MR) is 74.4 cm³/mol. The van der Waals surface area contributed by atoms with Crippen LogP contribution in [-0.4, -0.2) is 11.6 Å². The summed E-state index contributed by atoms with van der Waals surface area (Å²) in [6.45, 7) is 0. The fraction of sp³-hybridized carbons (Fsp3) is 0.412. The summed E-state index contributed by atoms with van der Waals surface area (Å²) in [5.41, 5.74) is 1.84. The minimum atomic E-state index is -0.0170. The van der Waals surface area contributed by atoms with Gasteiger partial charge in [-0.1, -0.05) is 49.9 Å². The zero-order valence-electron chi connectivity index (χ0n) is 11.0. The highest BCUT2D eigenvalue weighted by Crippen LogP contribution is 2.31. The molecular formula is C17H18O2. The fourth-order valence-electron chi connectivity index (χ4n) is 3.21. The molecule has 3 rings (SSSR count). The Kier molecular flexibility index (Phi) is 3.33. The Morgan fingerprint density at radius 1 is 1.00 bits per heavy atom. The summed E-state index contributed by atoms with van der Waals surface area (Å²) in [4.78, 5) is 24.4. The topological polar surface area (TPSA) is 34.1 Å². The van der Waals surface area contributed by atoms with Crippen LogP contribution < -0.4 is 0 Å². The second-order valence-electron chi connectivity index (χ2n) is 5.60. The number of hydrogen-bond acceptors (Lipinski definition) is 2. The molecule has 0 radical (unpaired) electrons. The quantitative estimate of drug-likeness (QED) is 0.818. The molecule has 0 amide bonds. The maximum atomic E-state index is 12.3. The summed E-state index contributed by atoms with van der Waals surface area (Å²) >= 11 is 0. The van der Waals surface area contributed by atoms with Crippen LogP contribution in [0, 0.1) is 5.92 Å². The molecule has 1 aromatic rings. The van der Waals surface area contributed by atoms with Crippen molar-refractivity contribution in [2.75, 3.05) is 0 Å². The maximum absolute atomic E-state index is 12.3. The summed E-state index contributed by atoms with van der Waals surface area (Å²) in [5, 5.41) is 0. The lowest BCUT2D eigenvalue weighted by Gasteiger charge is -2.16. The van der Waals surface area contributed by atoms with E-state index in [0.717, 1.165) is 18.8 Å². The van der Waals surface area contributed by atoms with Gasteiger partial charge in [0.25, 0.3) is 0 Å². The van der Waals surface area contributed by atoms with E-state index in [-0.39, 0.29) is 11.6 Å². The molecular weight excluding hydrogens is 236 g/mol. The third-order valence-corrected chi connectivity index (χ3v) is 4.33. The first-order valence-corrected chi connectivity index (χ1v) is 7.14. The molecule has 1 fully saturated rings. The lowest BCUT2D eigenvalue weighted by molar-refractivity contribution is 0.0980. The predicted octanol–water partition coefficient (Wildman–Crippen LogP) is 3.96. The first kappa shape index (κ1) is 12.3. The zero-order chi connectivity index (χ0) is 13.2. The molecule has 2 aliphatic rings. The van der Waals surface area contributed by atoms with Gasteiger partial charge < -0.3 is 0 Å². The van der Waals surface area contributed by atoms with E-state index in [0.29, 0.717) is 16.7 Å². The van der Waals surface area contributed by atoms with E-state index >= 15 is 0 Å². The van der Waals surface area contributed by atoms with E-state index < -0.39 is 0 Å². The van der Waals surface area contributed by atoms with E-state index in [1.807, 2.05) is 6.07 Å². The Hall–Kier alpha value is -1.70. The highest BCUT2D eigenvalue weighted by molar-refractivity contribution is 6.24. The van der Waals surface area contributed by atoms with Gasteiger partial charge in [-0.05, 0) is 24.8 Å². The first-order chi connectivity index (χ1) is 9.25. The molecule has 0 unspecified atom stereocenters. The van der Waals surface area contributed by atoms with Gasteiger partial charge in [-0.25, -0.2) is 0 Å². The van der Waals surface area contributed by atoms with E-state index in [9.17, 15) is 9.59 Å². The van der Waals surface area contributed by atoms with Gasteiger partial charge in [-0.15, -0.1) is 0 Å². The Morgan fingerprint density at radius 3 is 2.42 bits per heavy atom. The Bertz CT molecular complexity index is 548. The molecule has 0 atom stereocenters. The molecule has 1 aromatic carbocycles. The third kappa shape index (κ3) is 2.40. The van der Waals surface area contributed by atoms with Crippen LogP contribution in [0.1, 0.15) is 59.2 Å². The van der Waals surface area contributed by atoms with Gasteiger partial charge in [0.2, 0.25) is 0 Å². The molecule has 0 aliphatic heterocycles. The number of ketones is 2. The zero-order valence-corrected chi connectivity index (χ0v) is 11.0. The molecule has 2 nitrogen and oxygen atoms in total. The number of carbonyl (C=O) groups excluding carboxylic acids is 2. The molecule has 1 saturated carbocycles. The van der Waals surface area contributed by atoms with Crippen molar-refractivity contribution in [1.29, 1.82) is 0 Å². The minimum absolute atomic E-state index is 0.0170. The Labute approximate surface area is 113 Å². The summed E-state index contributed by atoms with van der Waals surface area (Å²) in [5.74, 6) is 0.783. The fourth-order valence-corrected chi connectivity index (χ4v) is 3.21. The second-order valence-corrected chi connectivity index (χ2v) is 5.60. The van der Waals surface area contributed by atoms with Crippen molar-refractivity contribution in [3.63, 3.8) is 0 Å². The lowest BCUT2D eigenvalue weighted by atomic mass is 9.86. The van der Waals surface area contributed by atoms with Crippen LogP contribution in [0.3, 0.4) is 0 Å². The largest absolute Gasteiger partial charge is 0.289 e. The van der Waals surface area contributed by atoms with Gasteiger partial charge in [-0.3, -0.25) is 9.59 Å². The summed E-state index contributed by atoms with van der Waals surface area (Å²) in [6, 6.07) is 7.13. The number of carbonyl (C=O) groups is 2. The minimum Gasteiger partial charge on any atom is -0.289 e. The Morgan fingerprint density at radius 2 is 1.68 bits per heavy atom. The summed E-state index contributed by atoms with van der Waals surface area (Å²) in [6.07, 6.45) is 8.56.